The molecule has 0 saturated heterocycles. The van der Waals surface area contributed by atoms with Gasteiger partial charge in [-0.1, -0.05) is 12.8 Å². The maximum Gasteiger partial charge on any atom is 0.319 e. The molecule has 1 saturated carbocycles. The lowest BCUT2D eigenvalue weighted by Gasteiger charge is -2.25. The number of aromatic nitrogens is 5. The fourth-order valence-electron chi connectivity index (χ4n) is 4.43. The minimum absolute atomic E-state index is 0.00120. The molecule has 0 aromatic carbocycles. The molecular weight excluding hydrogens is 342 g/mol. The minimum atomic E-state index is -0.234. The van der Waals surface area contributed by atoms with Crippen molar-refractivity contribution in [2.75, 3.05) is 5.32 Å². The van der Waals surface area contributed by atoms with Crippen LogP contribution in [0, 0.1) is 0 Å². The zero-order valence-corrected chi connectivity index (χ0v) is 15.1. The predicted octanol–water partition coefficient (Wildman–Crippen LogP) is 3.24. The van der Waals surface area contributed by atoms with Crippen molar-refractivity contribution in [1.82, 2.24) is 29.7 Å². The second-order valence-electron chi connectivity index (χ2n) is 7.42. The summed E-state index contributed by atoms with van der Waals surface area (Å²) in [5, 5.41) is 14.9. The molecule has 140 valence electrons. The van der Waals surface area contributed by atoms with E-state index in [2.05, 4.69) is 30.5 Å². The number of rotatable bonds is 3. The van der Waals surface area contributed by atoms with Crippen LogP contribution in [0.3, 0.4) is 0 Å². The zero-order chi connectivity index (χ0) is 18.2. The van der Waals surface area contributed by atoms with Gasteiger partial charge in [0, 0.05) is 23.7 Å². The lowest BCUT2D eigenvalue weighted by molar-refractivity contribution is 0.247. The van der Waals surface area contributed by atoms with E-state index in [1.807, 2.05) is 6.20 Å². The monoisotopic (exact) mass is 365 g/mol. The van der Waals surface area contributed by atoms with Crippen molar-refractivity contribution in [3.63, 3.8) is 0 Å². The second-order valence-corrected chi connectivity index (χ2v) is 7.42. The topological polar surface area (TPSA) is 89.1 Å². The number of hydrogen-bond acceptors (Lipinski definition) is 4. The Kier molecular flexibility index (Phi) is 4.03. The maximum absolute atomic E-state index is 12.6. The van der Waals surface area contributed by atoms with Gasteiger partial charge in [-0.05, 0) is 38.2 Å². The van der Waals surface area contributed by atoms with E-state index in [0.29, 0.717) is 17.4 Å². The highest BCUT2D eigenvalue weighted by Gasteiger charge is 2.29. The summed E-state index contributed by atoms with van der Waals surface area (Å²) in [5.74, 6) is 0. The molecule has 3 heterocycles. The summed E-state index contributed by atoms with van der Waals surface area (Å²) in [6, 6.07) is 2.10. The SMILES string of the molecule is O=C(Nc1cnn2cccnc12)NC1CCCc2c1cnn2C1CCCC1. The van der Waals surface area contributed by atoms with Crippen LogP contribution in [0.5, 0.6) is 0 Å². The van der Waals surface area contributed by atoms with Crippen LogP contribution in [-0.4, -0.2) is 30.4 Å². The predicted molar refractivity (Wildman–Crippen MR) is 101 cm³/mol. The van der Waals surface area contributed by atoms with Crippen molar-refractivity contribution in [2.24, 2.45) is 0 Å². The summed E-state index contributed by atoms with van der Waals surface area (Å²) >= 11 is 0. The molecule has 0 aliphatic heterocycles. The fourth-order valence-corrected chi connectivity index (χ4v) is 4.43. The highest BCUT2D eigenvalue weighted by molar-refractivity contribution is 5.93. The van der Waals surface area contributed by atoms with Crippen molar-refractivity contribution < 1.29 is 4.79 Å². The first-order chi connectivity index (χ1) is 13.3. The summed E-state index contributed by atoms with van der Waals surface area (Å²) in [6.07, 6.45) is 15.1. The first-order valence-electron chi connectivity index (χ1n) is 9.72. The van der Waals surface area contributed by atoms with Gasteiger partial charge in [-0.3, -0.25) is 4.68 Å². The van der Waals surface area contributed by atoms with E-state index in [1.54, 1.807) is 29.2 Å². The Morgan fingerprint density at radius 2 is 2.00 bits per heavy atom. The fraction of sp³-hybridized carbons (Fsp3) is 0.474. The zero-order valence-electron chi connectivity index (χ0n) is 15.1. The molecule has 2 amide bonds. The molecule has 8 nitrogen and oxygen atoms in total. The van der Waals surface area contributed by atoms with E-state index in [0.717, 1.165) is 19.3 Å². The highest BCUT2D eigenvalue weighted by atomic mass is 16.2. The molecule has 2 N–H and O–H groups in total. The molecule has 1 atom stereocenters. The van der Waals surface area contributed by atoms with Gasteiger partial charge in [-0.2, -0.15) is 10.2 Å². The summed E-state index contributed by atoms with van der Waals surface area (Å²) in [4.78, 5) is 16.8. The van der Waals surface area contributed by atoms with Gasteiger partial charge in [0.05, 0.1) is 24.5 Å². The van der Waals surface area contributed by atoms with Crippen LogP contribution in [-0.2, 0) is 6.42 Å². The third kappa shape index (κ3) is 2.94. The van der Waals surface area contributed by atoms with Gasteiger partial charge in [0.25, 0.3) is 0 Å². The Morgan fingerprint density at radius 3 is 2.89 bits per heavy atom. The standard InChI is InChI=1S/C19H23N7O/c27-19(24-16-12-21-25-10-4-9-20-18(16)25)23-15-7-3-8-17-14(15)11-22-26(17)13-5-1-2-6-13/h4,9-13,15H,1-3,5-8H2,(H2,23,24,27). The number of fused-ring (bicyclic) bond motifs is 2. The molecule has 1 unspecified atom stereocenters. The van der Waals surface area contributed by atoms with Crippen molar-refractivity contribution in [2.45, 2.75) is 57.0 Å². The van der Waals surface area contributed by atoms with Gasteiger partial charge < -0.3 is 10.6 Å². The number of carbonyl (C=O) groups is 1. The van der Waals surface area contributed by atoms with Gasteiger partial charge in [0.2, 0.25) is 0 Å². The molecule has 8 heteroatoms. The number of urea groups is 1. The number of nitrogens with one attached hydrogen (secondary N) is 2. The van der Waals surface area contributed by atoms with Crippen LogP contribution in [0.15, 0.2) is 30.9 Å². The largest absolute Gasteiger partial charge is 0.331 e. The van der Waals surface area contributed by atoms with Gasteiger partial charge >= 0.3 is 6.03 Å². The molecular formula is C19H23N7O. The van der Waals surface area contributed by atoms with Gasteiger partial charge in [-0.25, -0.2) is 14.3 Å². The Balaban J connectivity index is 1.32. The first kappa shape index (κ1) is 16.3. The number of amides is 2. The number of carbonyl (C=O) groups excluding carboxylic acids is 1. The van der Waals surface area contributed by atoms with Gasteiger partial charge in [-0.15, -0.1) is 0 Å². The third-order valence-electron chi connectivity index (χ3n) is 5.72. The molecule has 5 rings (SSSR count). The normalized spacial score (nSPS) is 19.9. The molecule has 0 spiro atoms. The van der Waals surface area contributed by atoms with Crippen molar-refractivity contribution in [3.8, 4) is 0 Å². The van der Waals surface area contributed by atoms with Crippen LogP contribution in [0.25, 0.3) is 5.65 Å². The van der Waals surface area contributed by atoms with Crippen LogP contribution in [0.2, 0.25) is 0 Å². The molecule has 0 radical (unpaired) electrons. The van der Waals surface area contributed by atoms with Gasteiger partial charge in [0.1, 0.15) is 5.69 Å². The molecule has 0 bridgehead atoms. The summed E-state index contributed by atoms with van der Waals surface area (Å²) in [7, 11) is 0. The molecule has 3 aromatic heterocycles. The first-order valence-corrected chi connectivity index (χ1v) is 9.72. The Bertz CT molecular complexity index is 970. The Hall–Kier alpha value is -2.90. The second kappa shape index (κ2) is 6.68. The molecule has 1 fully saturated rings. The number of anilines is 1. The average molecular weight is 365 g/mol. The van der Waals surface area contributed by atoms with Crippen molar-refractivity contribution in [3.05, 3.63) is 42.1 Å². The summed E-state index contributed by atoms with van der Waals surface area (Å²) in [6.45, 7) is 0. The molecule has 2 aliphatic rings. The van der Waals surface area contributed by atoms with Gasteiger partial charge in [0.15, 0.2) is 5.65 Å². The van der Waals surface area contributed by atoms with E-state index < -0.39 is 0 Å². The summed E-state index contributed by atoms with van der Waals surface area (Å²) < 4.78 is 3.86. The lowest BCUT2D eigenvalue weighted by atomic mass is 9.93. The Labute approximate surface area is 157 Å². The van der Waals surface area contributed by atoms with Crippen LogP contribution >= 0.6 is 0 Å². The Morgan fingerprint density at radius 1 is 1.11 bits per heavy atom. The van der Waals surface area contributed by atoms with Crippen molar-refractivity contribution >= 4 is 17.4 Å². The van der Waals surface area contributed by atoms with E-state index in [9.17, 15) is 4.79 Å². The number of nitrogens with zero attached hydrogens (tertiary/aromatic N) is 5. The molecule has 2 aliphatic carbocycles. The summed E-state index contributed by atoms with van der Waals surface area (Å²) in [5.41, 5.74) is 3.70. The average Bonchev–Trinajstić information content (AvgIpc) is 3.41. The molecule has 3 aromatic rings. The van der Waals surface area contributed by atoms with Crippen molar-refractivity contribution in [1.29, 1.82) is 0 Å². The van der Waals surface area contributed by atoms with E-state index in [-0.39, 0.29) is 12.1 Å². The van der Waals surface area contributed by atoms with Crippen LogP contribution in [0.4, 0.5) is 10.5 Å². The van der Waals surface area contributed by atoms with E-state index in [4.69, 9.17) is 0 Å². The minimum Gasteiger partial charge on any atom is -0.331 e. The maximum atomic E-state index is 12.6. The van der Waals surface area contributed by atoms with Crippen LogP contribution in [0.1, 0.15) is 61.9 Å². The van der Waals surface area contributed by atoms with E-state index in [1.165, 1.54) is 36.9 Å². The quantitative estimate of drug-likeness (QED) is 0.746. The van der Waals surface area contributed by atoms with Crippen LogP contribution < -0.4 is 10.6 Å². The van der Waals surface area contributed by atoms with E-state index >= 15 is 0 Å². The highest BCUT2D eigenvalue weighted by Crippen LogP contribution is 2.35. The number of hydrogen-bond donors (Lipinski definition) is 2. The third-order valence-corrected chi connectivity index (χ3v) is 5.72. The lowest BCUT2D eigenvalue weighted by Crippen LogP contribution is -2.34. The molecule has 27 heavy (non-hydrogen) atoms. The smallest absolute Gasteiger partial charge is 0.319 e.